The average molecular weight is 272 g/mol. The summed E-state index contributed by atoms with van der Waals surface area (Å²) in [5, 5.41) is 14.4. The zero-order valence-electron chi connectivity index (χ0n) is 11.9. The lowest BCUT2D eigenvalue weighted by atomic mass is 10.0. The van der Waals surface area contributed by atoms with Crippen molar-refractivity contribution in [1.82, 2.24) is 15.5 Å². The van der Waals surface area contributed by atoms with Gasteiger partial charge < -0.3 is 15.1 Å². The van der Waals surface area contributed by atoms with Crippen LogP contribution in [0.25, 0.3) is 0 Å². The molecule has 18 heavy (non-hydrogen) atoms. The van der Waals surface area contributed by atoms with Crippen LogP contribution in [0, 0.1) is 0 Å². The van der Waals surface area contributed by atoms with Gasteiger partial charge in [0.25, 0.3) is 0 Å². The SMILES string of the molecule is CCC(CC)(CNc1nnc(C(C)NC)o1)SC. The van der Waals surface area contributed by atoms with Crippen LogP contribution in [0.1, 0.15) is 45.5 Å². The smallest absolute Gasteiger partial charge is 0.315 e. The third-order valence-corrected chi connectivity index (χ3v) is 5.12. The van der Waals surface area contributed by atoms with E-state index in [0.29, 0.717) is 11.9 Å². The van der Waals surface area contributed by atoms with E-state index in [9.17, 15) is 0 Å². The van der Waals surface area contributed by atoms with Gasteiger partial charge in [0.2, 0.25) is 5.89 Å². The molecule has 6 heteroatoms. The molecule has 2 N–H and O–H groups in total. The molecule has 0 amide bonds. The Hall–Kier alpha value is -0.750. The van der Waals surface area contributed by atoms with Gasteiger partial charge in [0.1, 0.15) is 0 Å². The van der Waals surface area contributed by atoms with Crippen LogP contribution in [0.3, 0.4) is 0 Å². The number of rotatable bonds is 8. The predicted molar refractivity (Wildman–Crippen MR) is 77.1 cm³/mol. The van der Waals surface area contributed by atoms with Gasteiger partial charge in [-0.2, -0.15) is 11.8 Å². The molecular formula is C12H24N4OS. The zero-order chi connectivity index (χ0) is 13.6. The van der Waals surface area contributed by atoms with Crippen LogP contribution in [-0.2, 0) is 0 Å². The minimum absolute atomic E-state index is 0.0794. The molecule has 1 heterocycles. The molecule has 0 radical (unpaired) electrons. The normalized spacial score (nSPS) is 13.6. The maximum absolute atomic E-state index is 5.56. The molecule has 1 atom stereocenters. The highest BCUT2D eigenvalue weighted by Gasteiger charge is 2.25. The number of nitrogens with zero attached hydrogens (tertiary/aromatic N) is 2. The molecule has 0 saturated carbocycles. The second-order valence-corrected chi connectivity index (χ2v) is 5.68. The van der Waals surface area contributed by atoms with E-state index in [2.05, 4.69) is 40.9 Å². The van der Waals surface area contributed by atoms with Crippen molar-refractivity contribution in [3.05, 3.63) is 5.89 Å². The van der Waals surface area contributed by atoms with Crippen molar-refractivity contribution in [2.75, 3.05) is 25.2 Å². The van der Waals surface area contributed by atoms with Crippen molar-refractivity contribution >= 4 is 17.8 Å². The first-order valence-corrected chi connectivity index (χ1v) is 7.63. The Morgan fingerprint density at radius 1 is 1.33 bits per heavy atom. The largest absolute Gasteiger partial charge is 0.406 e. The molecule has 0 bridgehead atoms. The summed E-state index contributed by atoms with van der Waals surface area (Å²) in [6.45, 7) is 7.26. The van der Waals surface area contributed by atoms with Crippen molar-refractivity contribution in [2.24, 2.45) is 0 Å². The second-order valence-electron chi connectivity index (χ2n) is 4.40. The number of aromatic nitrogens is 2. The van der Waals surface area contributed by atoms with Gasteiger partial charge in [-0.05, 0) is 33.1 Å². The lowest BCUT2D eigenvalue weighted by molar-refractivity contribution is 0.438. The fourth-order valence-electron chi connectivity index (χ4n) is 1.70. The molecular weight excluding hydrogens is 248 g/mol. The van der Waals surface area contributed by atoms with Gasteiger partial charge >= 0.3 is 6.01 Å². The predicted octanol–water partition coefficient (Wildman–Crippen LogP) is 2.68. The molecule has 0 aliphatic rings. The Kier molecular flexibility index (Phi) is 5.95. The van der Waals surface area contributed by atoms with Gasteiger partial charge in [-0.3, -0.25) is 0 Å². The summed E-state index contributed by atoms with van der Waals surface area (Å²) < 4.78 is 5.80. The van der Waals surface area contributed by atoms with Crippen LogP contribution in [-0.4, -0.2) is 34.8 Å². The summed E-state index contributed by atoms with van der Waals surface area (Å²) in [5.41, 5.74) is 0. The molecule has 0 saturated heterocycles. The van der Waals surface area contributed by atoms with E-state index in [-0.39, 0.29) is 10.8 Å². The number of nitrogens with one attached hydrogen (secondary N) is 2. The van der Waals surface area contributed by atoms with Gasteiger partial charge in [-0.15, -0.1) is 5.10 Å². The fourth-order valence-corrected chi connectivity index (χ4v) is 2.50. The van der Waals surface area contributed by atoms with Crippen LogP contribution >= 0.6 is 11.8 Å². The summed E-state index contributed by atoms with van der Waals surface area (Å²) in [6.07, 6.45) is 4.38. The Morgan fingerprint density at radius 3 is 2.50 bits per heavy atom. The Morgan fingerprint density at radius 2 is 2.00 bits per heavy atom. The molecule has 1 rings (SSSR count). The molecule has 1 unspecified atom stereocenters. The Bertz CT molecular complexity index is 343. The first-order valence-electron chi connectivity index (χ1n) is 6.40. The third-order valence-electron chi connectivity index (χ3n) is 3.53. The van der Waals surface area contributed by atoms with Crippen molar-refractivity contribution < 1.29 is 4.42 Å². The van der Waals surface area contributed by atoms with Crippen molar-refractivity contribution in [3.8, 4) is 0 Å². The van der Waals surface area contributed by atoms with E-state index >= 15 is 0 Å². The van der Waals surface area contributed by atoms with Crippen LogP contribution in [0.5, 0.6) is 0 Å². The Balaban J connectivity index is 2.60. The molecule has 1 aromatic rings. The summed E-state index contributed by atoms with van der Waals surface area (Å²) in [5.74, 6) is 0.614. The highest BCUT2D eigenvalue weighted by atomic mass is 32.2. The maximum Gasteiger partial charge on any atom is 0.315 e. The standard InChI is InChI=1S/C12H24N4OS/c1-6-12(7-2,18-5)8-14-11-16-15-10(17-11)9(3)13-4/h9,13H,6-8H2,1-5H3,(H,14,16). The van der Waals surface area contributed by atoms with E-state index in [1.54, 1.807) is 0 Å². The van der Waals surface area contributed by atoms with Crippen molar-refractivity contribution in [3.63, 3.8) is 0 Å². The van der Waals surface area contributed by atoms with Crippen molar-refractivity contribution in [1.29, 1.82) is 0 Å². The summed E-state index contributed by atoms with van der Waals surface area (Å²) in [7, 11) is 1.87. The molecule has 0 spiro atoms. The number of anilines is 1. The number of hydrogen-bond donors (Lipinski definition) is 2. The van der Waals surface area contributed by atoms with Gasteiger partial charge in [-0.1, -0.05) is 18.9 Å². The minimum Gasteiger partial charge on any atom is -0.406 e. The van der Waals surface area contributed by atoms with E-state index in [1.807, 2.05) is 25.7 Å². The van der Waals surface area contributed by atoms with Gasteiger partial charge in [0.15, 0.2) is 0 Å². The van der Waals surface area contributed by atoms with Crippen molar-refractivity contribution in [2.45, 2.75) is 44.4 Å². The lowest BCUT2D eigenvalue weighted by Gasteiger charge is -2.29. The monoisotopic (exact) mass is 272 g/mol. The zero-order valence-corrected chi connectivity index (χ0v) is 12.7. The van der Waals surface area contributed by atoms with Gasteiger partial charge in [0.05, 0.1) is 6.04 Å². The fraction of sp³-hybridized carbons (Fsp3) is 0.833. The first kappa shape index (κ1) is 15.3. The highest BCUT2D eigenvalue weighted by Crippen LogP contribution is 2.30. The average Bonchev–Trinajstić information content (AvgIpc) is 2.89. The van der Waals surface area contributed by atoms with E-state index in [1.165, 1.54) is 0 Å². The maximum atomic E-state index is 5.56. The molecule has 104 valence electrons. The second kappa shape index (κ2) is 6.99. The molecule has 0 aliphatic heterocycles. The molecule has 0 aliphatic carbocycles. The summed E-state index contributed by atoms with van der Waals surface area (Å²) >= 11 is 1.89. The molecule has 5 nitrogen and oxygen atoms in total. The minimum atomic E-state index is 0.0794. The Labute approximate surface area is 114 Å². The molecule has 0 fully saturated rings. The van der Waals surface area contributed by atoms with Crippen LogP contribution in [0.4, 0.5) is 6.01 Å². The van der Waals surface area contributed by atoms with E-state index in [0.717, 1.165) is 19.4 Å². The lowest BCUT2D eigenvalue weighted by Crippen LogP contribution is -2.32. The quantitative estimate of drug-likeness (QED) is 0.758. The highest BCUT2D eigenvalue weighted by molar-refractivity contribution is 8.00. The van der Waals surface area contributed by atoms with Crippen LogP contribution < -0.4 is 10.6 Å². The molecule has 0 aromatic carbocycles. The summed E-state index contributed by atoms with van der Waals surface area (Å²) in [4.78, 5) is 0. The molecule has 1 aromatic heterocycles. The number of hydrogen-bond acceptors (Lipinski definition) is 6. The van der Waals surface area contributed by atoms with Gasteiger partial charge in [-0.25, -0.2) is 0 Å². The third kappa shape index (κ3) is 3.62. The van der Waals surface area contributed by atoms with Crippen LogP contribution in [0.15, 0.2) is 4.42 Å². The number of thioether (sulfide) groups is 1. The first-order chi connectivity index (χ1) is 8.60. The summed E-state index contributed by atoms with van der Waals surface area (Å²) in [6, 6.07) is 0.586. The van der Waals surface area contributed by atoms with E-state index in [4.69, 9.17) is 4.42 Å². The van der Waals surface area contributed by atoms with E-state index < -0.39 is 0 Å². The van der Waals surface area contributed by atoms with Gasteiger partial charge in [0, 0.05) is 11.3 Å². The van der Waals surface area contributed by atoms with Crippen LogP contribution in [0.2, 0.25) is 0 Å². The topological polar surface area (TPSA) is 63.0 Å².